The zero-order valence-corrected chi connectivity index (χ0v) is 16.9. The molecule has 3 rings (SSSR count). The SMILES string of the molecule is COc1ccccc1NC(=O)COC(=O)c1nc(-n2nc(C)cc2C)ccc1Cl. The molecule has 2 heterocycles. The van der Waals surface area contributed by atoms with E-state index in [1.165, 1.54) is 13.2 Å². The van der Waals surface area contributed by atoms with Crippen molar-refractivity contribution >= 4 is 29.2 Å². The molecule has 0 radical (unpaired) electrons. The van der Waals surface area contributed by atoms with Crippen molar-refractivity contribution in [2.75, 3.05) is 19.0 Å². The molecule has 1 N–H and O–H groups in total. The zero-order chi connectivity index (χ0) is 21.0. The number of amides is 1. The summed E-state index contributed by atoms with van der Waals surface area (Å²) in [5.74, 6) is -0.415. The normalized spacial score (nSPS) is 10.5. The number of anilines is 1. The lowest BCUT2D eigenvalue weighted by molar-refractivity contribution is -0.119. The van der Waals surface area contributed by atoms with E-state index in [0.29, 0.717) is 17.3 Å². The molecule has 0 aliphatic heterocycles. The third kappa shape index (κ3) is 4.72. The molecule has 0 saturated carbocycles. The van der Waals surface area contributed by atoms with Gasteiger partial charge in [-0.25, -0.2) is 14.5 Å². The molecule has 150 valence electrons. The molecule has 3 aromatic rings. The van der Waals surface area contributed by atoms with Gasteiger partial charge < -0.3 is 14.8 Å². The van der Waals surface area contributed by atoms with E-state index in [4.69, 9.17) is 21.1 Å². The molecule has 0 spiro atoms. The van der Waals surface area contributed by atoms with Crippen LogP contribution in [0.25, 0.3) is 5.82 Å². The minimum Gasteiger partial charge on any atom is -0.495 e. The number of carbonyl (C=O) groups excluding carboxylic acids is 2. The standard InChI is InChI=1S/C20H19ClN4O4/c1-12-10-13(2)25(24-12)17-9-8-14(21)19(23-17)20(27)29-11-18(26)22-15-6-4-5-7-16(15)28-3/h4-10H,11H2,1-3H3,(H,22,26). The number of esters is 1. The van der Waals surface area contributed by atoms with Crippen LogP contribution in [-0.2, 0) is 9.53 Å². The molecule has 9 heteroatoms. The molecule has 0 saturated heterocycles. The van der Waals surface area contributed by atoms with Gasteiger partial charge in [0.05, 0.1) is 23.5 Å². The van der Waals surface area contributed by atoms with Gasteiger partial charge >= 0.3 is 5.97 Å². The summed E-state index contributed by atoms with van der Waals surface area (Å²) >= 11 is 6.10. The molecule has 0 fully saturated rings. The lowest BCUT2D eigenvalue weighted by atomic mass is 10.3. The highest BCUT2D eigenvalue weighted by molar-refractivity contribution is 6.33. The van der Waals surface area contributed by atoms with Crippen molar-refractivity contribution in [3.05, 3.63) is 64.6 Å². The van der Waals surface area contributed by atoms with Crippen LogP contribution in [0.5, 0.6) is 5.75 Å². The smallest absolute Gasteiger partial charge is 0.359 e. The average molecular weight is 415 g/mol. The van der Waals surface area contributed by atoms with Crippen molar-refractivity contribution in [1.29, 1.82) is 0 Å². The van der Waals surface area contributed by atoms with Crippen LogP contribution < -0.4 is 10.1 Å². The lowest BCUT2D eigenvalue weighted by Gasteiger charge is -2.11. The third-order valence-corrected chi connectivity index (χ3v) is 4.27. The van der Waals surface area contributed by atoms with Crippen LogP contribution >= 0.6 is 11.6 Å². The number of methoxy groups -OCH3 is 1. The monoisotopic (exact) mass is 414 g/mol. The summed E-state index contributed by atoms with van der Waals surface area (Å²) in [6, 6.07) is 12.0. The van der Waals surface area contributed by atoms with Crippen LogP contribution in [0.15, 0.2) is 42.5 Å². The molecule has 8 nitrogen and oxygen atoms in total. The molecule has 29 heavy (non-hydrogen) atoms. The Kier molecular flexibility index (Phi) is 6.13. The lowest BCUT2D eigenvalue weighted by Crippen LogP contribution is -2.22. The van der Waals surface area contributed by atoms with Crippen LogP contribution in [-0.4, -0.2) is 40.4 Å². The Morgan fingerprint density at radius 3 is 2.62 bits per heavy atom. The topological polar surface area (TPSA) is 95.3 Å². The number of hydrogen-bond acceptors (Lipinski definition) is 6. The number of carbonyl (C=O) groups is 2. The van der Waals surface area contributed by atoms with Gasteiger partial charge in [-0.1, -0.05) is 23.7 Å². The van der Waals surface area contributed by atoms with E-state index in [0.717, 1.165) is 11.4 Å². The highest BCUT2D eigenvalue weighted by Crippen LogP contribution is 2.23. The molecule has 0 aliphatic rings. The molecule has 1 amide bonds. The van der Waals surface area contributed by atoms with Gasteiger partial charge in [-0.05, 0) is 44.2 Å². The highest BCUT2D eigenvalue weighted by atomic mass is 35.5. The second-order valence-corrected chi connectivity index (χ2v) is 6.57. The molecule has 0 aliphatic carbocycles. The van der Waals surface area contributed by atoms with Gasteiger partial charge in [0.25, 0.3) is 5.91 Å². The Bertz CT molecular complexity index is 1060. The van der Waals surface area contributed by atoms with Gasteiger partial charge in [0.15, 0.2) is 18.1 Å². The first-order valence-corrected chi connectivity index (χ1v) is 9.07. The molecule has 0 unspecified atom stereocenters. The van der Waals surface area contributed by atoms with Crippen molar-refractivity contribution in [3.63, 3.8) is 0 Å². The minimum atomic E-state index is -0.812. The Balaban J connectivity index is 1.70. The molecule has 1 aromatic carbocycles. The maximum Gasteiger partial charge on any atom is 0.359 e. The molecule has 0 atom stereocenters. The number of halogens is 1. The highest BCUT2D eigenvalue weighted by Gasteiger charge is 2.18. The van der Waals surface area contributed by atoms with Crippen LogP contribution in [0, 0.1) is 13.8 Å². The van der Waals surface area contributed by atoms with Gasteiger partial charge in [0.1, 0.15) is 5.75 Å². The summed E-state index contributed by atoms with van der Waals surface area (Å²) in [7, 11) is 1.49. The Morgan fingerprint density at radius 2 is 1.93 bits per heavy atom. The van der Waals surface area contributed by atoms with E-state index in [2.05, 4.69) is 15.4 Å². The van der Waals surface area contributed by atoms with E-state index in [9.17, 15) is 9.59 Å². The number of aryl methyl sites for hydroxylation is 2. The van der Waals surface area contributed by atoms with E-state index < -0.39 is 18.5 Å². The zero-order valence-electron chi connectivity index (χ0n) is 16.1. The van der Waals surface area contributed by atoms with E-state index in [-0.39, 0.29) is 10.7 Å². The number of para-hydroxylation sites is 2. The molecule has 0 bridgehead atoms. The number of hydrogen-bond donors (Lipinski definition) is 1. The quantitative estimate of drug-likeness (QED) is 0.621. The predicted molar refractivity (Wildman–Crippen MR) is 108 cm³/mol. The maximum atomic E-state index is 12.4. The summed E-state index contributed by atoms with van der Waals surface area (Å²) in [4.78, 5) is 28.8. The average Bonchev–Trinajstić information content (AvgIpc) is 3.05. The third-order valence-electron chi connectivity index (χ3n) is 3.97. The number of benzene rings is 1. The van der Waals surface area contributed by atoms with Crippen LogP contribution in [0.3, 0.4) is 0 Å². The van der Waals surface area contributed by atoms with Gasteiger partial charge in [-0.3, -0.25) is 4.79 Å². The first-order valence-electron chi connectivity index (χ1n) is 8.69. The molecular weight excluding hydrogens is 396 g/mol. The van der Waals surface area contributed by atoms with Crippen molar-refractivity contribution in [1.82, 2.24) is 14.8 Å². The summed E-state index contributed by atoms with van der Waals surface area (Å²) in [6.07, 6.45) is 0. The van der Waals surface area contributed by atoms with E-state index in [1.54, 1.807) is 35.0 Å². The van der Waals surface area contributed by atoms with Gasteiger partial charge in [0, 0.05) is 5.69 Å². The van der Waals surface area contributed by atoms with Gasteiger partial charge in [-0.2, -0.15) is 5.10 Å². The number of aromatic nitrogens is 3. The van der Waals surface area contributed by atoms with Crippen molar-refractivity contribution in [3.8, 4) is 11.6 Å². The van der Waals surface area contributed by atoms with E-state index in [1.807, 2.05) is 19.9 Å². The maximum absolute atomic E-state index is 12.4. The Hall–Kier alpha value is -3.39. The summed E-state index contributed by atoms with van der Waals surface area (Å²) in [5.41, 5.74) is 2.05. The number of rotatable bonds is 6. The van der Waals surface area contributed by atoms with Crippen molar-refractivity contribution in [2.45, 2.75) is 13.8 Å². The molecular formula is C20H19ClN4O4. The predicted octanol–water partition coefficient (Wildman–Crippen LogP) is 3.34. The fourth-order valence-electron chi connectivity index (χ4n) is 2.69. The number of nitrogens with zero attached hydrogens (tertiary/aromatic N) is 3. The largest absolute Gasteiger partial charge is 0.495 e. The van der Waals surface area contributed by atoms with Crippen LogP contribution in [0.4, 0.5) is 5.69 Å². The van der Waals surface area contributed by atoms with Crippen molar-refractivity contribution < 1.29 is 19.1 Å². The Morgan fingerprint density at radius 1 is 1.17 bits per heavy atom. The summed E-state index contributed by atoms with van der Waals surface area (Å²) in [6.45, 7) is 3.23. The number of nitrogens with one attached hydrogen (secondary N) is 1. The number of ether oxygens (including phenoxy) is 2. The Labute approximate surface area is 172 Å². The van der Waals surface area contributed by atoms with E-state index >= 15 is 0 Å². The number of pyridine rings is 1. The summed E-state index contributed by atoms with van der Waals surface area (Å²) in [5, 5.41) is 7.07. The van der Waals surface area contributed by atoms with Gasteiger partial charge in [0.2, 0.25) is 0 Å². The second-order valence-electron chi connectivity index (χ2n) is 6.16. The second kappa shape index (κ2) is 8.74. The first-order chi connectivity index (χ1) is 13.9. The fourth-order valence-corrected chi connectivity index (χ4v) is 2.87. The summed E-state index contributed by atoms with van der Waals surface area (Å²) < 4.78 is 11.8. The van der Waals surface area contributed by atoms with Crippen LogP contribution in [0.2, 0.25) is 5.02 Å². The van der Waals surface area contributed by atoms with Crippen LogP contribution in [0.1, 0.15) is 21.9 Å². The fraction of sp³-hybridized carbons (Fsp3) is 0.200. The minimum absolute atomic E-state index is 0.0955. The molecule has 2 aromatic heterocycles. The van der Waals surface area contributed by atoms with Gasteiger partial charge in [-0.15, -0.1) is 0 Å². The first kappa shape index (κ1) is 20.3. The van der Waals surface area contributed by atoms with Crippen molar-refractivity contribution in [2.24, 2.45) is 0 Å².